The molecule has 212 valence electrons. The molecule has 2 aliphatic rings. The van der Waals surface area contributed by atoms with Gasteiger partial charge in [-0.15, -0.1) is 0 Å². The van der Waals surface area contributed by atoms with E-state index in [9.17, 15) is 9.59 Å². The lowest BCUT2D eigenvalue weighted by atomic mass is 10.1. The highest BCUT2D eigenvalue weighted by molar-refractivity contribution is 6.04. The van der Waals surface area contributed by atoms with Gasteiger partial charge in [-0.25, -0.2) is 19.6 Å². The number of aromatic nitrogens is 5. The molecule has 6 rings (SSSR count). The van der Waals surface area contributed by atoms with E-state index in [0.717, 1.165) is 60.7 Å². The summed E-state index contributed by atoms with van der Waals surface area (Å²) >= 11 is 0. The van der Waals surface area contributed by atoms with E-state index in [1.54, 1.807) is 36.5 Å². The number of allylic oxidation sites excluding steroid dienone is 1. The van der Waals surface area contributed by atoms with Crippen molar-refractivity contribution in [2.45, 2.75) is 31.3 Å². The largest absolute Gasteiger partial charge is 0.383 e. The Hall–Kier alpha value is -4.48. The van der Waals surface area contributed by atoms with E-state index in [2.05, 4.69) is 44.2 Å². The van der Waals surface area contributed by atoms with Gasteiger partial charge in [0.05, 0.1) is 11.4 Å². The molecule has 0 spiro atoms. The molecule has 3 aromatic heterocycles. The number of pyridine rings is 1. The molecule has 1 aliphatic heterocycles. The molecular weight excluding hydrogens is 518 g/mol. The number of fused-ring (bicyclic) bond motifs is 1. The van der Waals surface area contributed by atoms with E-state index >= 15 is 0 Å². The second-order valence-corrected chi connectivity index (χ2v) is 10.4. The van der Waals surface area contributed by atoms with Gasteiger partial charge < -0.3 is 16.0 Å². The molecule has 1 atom stereocenters. The monoisotopic (exact) mass is 553 g/mol. The number of benzene rings is 1. The number of aldehydes is 1. The summed E-state index contributed by atoms with van der Waals surface area (Å²) in [6, 6.07) is 13.7. The number of nitrogens with one attached hydrogen (secondary N) is 1. The molecule has 1 saturated heterocycles. The van der Waals surface area contributed by atoms with Crippen LogP contribution in [0, 0.1) is 0 Å². The fraction of sp³-hybridized carbons (Fsp3) is 0.333. The standard InChI is InChI=1S/C22H22N8O.C8H13NO/c1-29-11-9-16(12-29)30-21-18(20(23)25-13-26-21)19(28-30)14-5-7-15(8-6-14)22(31)27-17-4-2-3-10-24-17;1-9(8-4-5-8)6-2-3-7-10/h2-8,10,13,16H,9,11-12H2,1H3,(H2,23,25,26)(H,24,27,31);2-3,7-8H,4-6H2,1H3/b;3-2+. The molecule has 11 heteroatoms. The molecule has 4 heterocycles. The Bertz CT molecular complexity index is 1510. The minimum atomic E-state index is -0.225. The van der Waals surface area contributed by atoms with Gasteiger partial charge in [0.25, 0.3) is 5.91 Å². The normalized spacial score (nSPS) is 17.1. The van der Waals surface area contributed by atoms with Crippen LogP contribution in [0.15, 0.2) is 67.1 Å². The van der Waals surface area contributed by atoms with Gasteiger partial charge in [-0.1, -0.05) is 24.3 Å². The highest BCUT2D eigenvalue weighted by Crippen LogP contribution is 2.33. The molecule has 1 unspecified atom stereocenters. The molecule has 0 radical (unpaired) electrons. The van der Waals surface area contributed by atoms with E-state index in [4.69, 9.17) is 10.8 Å². The molecule has 1 aliphatic carbocycles. The summed E-state index contributed by atoms with van der Waals surface area (Å²) in [5.41, 5.74) is 9.05. The number of nitrogens with zero attached hydrogens (tertiary/aromatic N) is 7. The Labute approximate surface area is 239 Å². The summed E-state index contributed by atoms with van der Waals surface area (Å²) in [6.07, 6.45) is 11.0. The Balaban J connectivity index is 0.000000287. The molecule has 1 aromatic carbocycles. The lowest BCUT2D eigenvalue weighted by Gasteiger charge is -2.11. The Morgan fingerprint density at radius 1 is 1.12 bits per heavy atom. The third kappa shape index (κ3) is 6.82. The molecule has 0 bridgehead atoms. The van der Waals surface area contributed by atoms with Crippen molar-refractivity contribution in [3.05, 3.63) is 72.7 Å². The summed E-state index contributed by atoms with van der Waals surface area (Å²) in [7, 11) is 4.19. The smallest absolute Gasteiger partial charge is 0.256 e. The number of carbonyl (C=O) groups is 2. The molecule has 2 fully saturated rings. The summed E-state index contributed by atoms with van der Waals surface area (Å²) in [5, 5.41) is 8.40. The maximum Gasteiger partial charge on any atom is 0.256 e. The quantitative estimate of drug-likeness (QED) is 0.248. The van der Waals surface area contributed by atoms with Crippen LogP contribution in [0.3, 0.4) is 0 Å². The number of amides is 1. The van der Waals surface area contributed by atoms with Gasteiger partial charge in [-0.3, -0.25) is 14.5 Å². The average molecular weight is 554 g/mol. The Kier molecular flexibility index (Phi) is 8.76. The predicted molar refractivity (Wildman–Crippen MR) is 159 cm³/mol. The van der Waals surface area contributed by atoms with Crippen LogP contribution in [0.2, 0.25) is 0 Å². The number of nitrogen functional groups attached to an aromatic ring is 1. The first kappa shape index (κ1) is 28.1. The molecule has 4 aromatic rings. The van der Waals surface area contributed by atoms with Gasteiger partial charge in [0.1, 0.15) is 29.9 Å². The molecule has 41 heavy (non-hydrogen) atoms. The van der Waals surface area contributed by atoms with E-state index in [-0.39, 0.29) is 11.9 Å². The lowest BCUT2D eigenvalue weighted by molar-refractivity contribution is -0.104. The maximum atomic E-state index is 12.5. The Morgan fingerprint density at radius 3 is 2.59 bits per heavy atom. The lowest BCUT2D eigenvalue weighted by Crippen LogP contribution is -2.20. The van der Waals surface area contributed by atoms with Crippen LogP contribution in [-0.4, -0.2) is 86.5 Å². The van der Waals surface area contributed by atoms with E-state index in [1.165, 1.54) is 19.2 Å². The second kappa shape index (κ2) is 12.8. The Morgan fingerprint density at radius 2 is 1.93 bits per heavy atom. The minimum absolute atomic E-state index is 0.225. The van der Waals surface area contributed by atoms with Crippen LogP contribution in [0.25, 0.3) is 22.3 Å². The first-order valence-electron chi connectivity index (χ1n) is 13.7. The number of likely N-dealkylation sites (tertiary alicyclic amines) is 1. The van der Waals surface area contributed by atoms with Gasteiger partial charge >= 0.3 is 0 Å². The first-order chi connectivity index (χ1) is 19.9. The van der Waals surface area contributed by atoms with Crippen LogP contribution >= 0.6 is 0 Å². The van der Waals surface area contributed by atoms with Crippen LogP contribution in [0.4, 0.5) is 11.6 Å². The van der Waals surface area contributed by atoms with Crippen LogP contribution < -0.4 is 11.1 Å². The zero-order valence-electron chi connectivity index (χ0n) is 23.3. The zero-order chi connectivity index (χ0) is 28.8. The van der Waals surface area contributed by atoms with Gasteiger partial charge in [0.15, 0.2) is 5.65 Å². The van der Waals surface area contributed by atoms with Crippen molar-refractivity contribution in [3.8, 4) is 11.3 Å². The van der Waals surface area contributed by atoms with Gasteiger partial charge in [0.2, 0.25) is 0 Å². The fourth-order valence-corrected chi connectivity index (χ4v) is 4.92. The number of nitrogens with two attached hydrogens (primary N) is 1. The van der Waals surface area contributed by atoms with E-state index < -0.39 is 0 Å². The number of carbonyl (C=O) groups excluding carboxylic acids is 2. The summed E-state index contributed by atoms with van der Waals surface area (Å²) in [4.78, 5) is 39.7. The van der Waals surface area contributed by atoms with E-state index in [1.807, 2.05) is 29.0 Å². The summed E-state index contributed by atoms with van der Waals surface area (Å²) < 4.78 is 1.97. The van der Waals surface area contributed by atoms with Crippen molar-refractivity contribution in [2.24, 2.45) is 0 Å². The summed E-state index contributed by atoms with van der Waals surface area (Å²) in [5.74, 6) is 0.680. The van der Waals surface area contributed by atoms with E-state index in [0.29, 0.717) is 17.2 Å². The van der Waals surface area contributed by atoms with Crippen molar-refractivity contribution < 1.29 is 9.59 Å². The van der Waals surface area contributed by atoms with Crippen molar-refractivity contribution in [1.29, 1.82) is 0 Å². The molecule has 3 N–H and O–H groups in total. The number of hydrogen-bond acceptors (Lipinski definition) is 9. The molecule has 1 saturated carbocycles. The van der Waals surface area contributed by atoms with Crippen LogP contribution in [0.1, 0.15) is 35.7 Å². The number of anilines is 2. The highest BCUT2D eigenvalue weighted by atomic mass is 16.1. The predicted octanol–water partition coefficient (Wildman–Crippen LogP) is 3.44. The van der Waals surface area contributed by atoms with Crippen molar-refractivity contribution >= 4 is 34.9 Å². The molecule has 11 nitrogen and oxygen atoms in total. The summed E-state index contributed by atoms with van der Waals surface area (Å²) in [6.45, 7) is 2.83. The van der Waals surface area contributed by atoms with Gasteiger partial charge in [0, 0.05) is 43.0 Å². The first-order valence-corrected chi connectivity index (χ1v) is 13.7. The third-order valence-electron chi connectivity index (χ3n) is 7.34. The fourth-order valence-electron chi connectivity index (χ4n) is 4.92. The van der Waals surface area contributed by atoms with Crippen molar-refractivity contribution in [3.63, 3.8) is 0 Å². The van der Waals surface area contributed by atoms with Crippen molar-refractivity contribution in [2.75, 3.05) is 44.8 Å². The third-order valence-corrected chi connectivity index (χ3v) is 7.34. The number of hydrogen-bond donors (Lipinski definition) is 2. The zero-order valence-corrected chi connectivity index (χ0v) is 23.3. The highest BCUT2D eigenvalue weighted by Gasteiger charge is 2.27. The van der Waals surface area contributed by atoms with Crippen molar-refractivity contribution in [1.82, 2.24) is 34.5 Å². The number of likely N-dealkylation sites (N-methyl/N-ethyl adjacent to an activating group) is 2. The SMILES string of the molecule is CN(C/C=C/C=O)C1CC1.CN1CCC(n2nc(-c3ccc(C(=O)Nc4ccccn4)cc3)c3c(N)ncnc32)C1. The minimum Gasteiger partial charge on any atom is -0.383 e. The second-order valence-electron chi connectivity index (χ2n) is 10.4. The average Bonchev–Trinajstić information content (AvgIpc) is 3.64. The van der Waals surface area contributed by atoms with Crippen LogP contribution in [0.5, 0.6) is 0 Å². The maximum absolute atomic E-state index is 12.5. The molecule has 1 amide bonds. The molecular formula is C30H35N9O2. The topological polar surface area (TPSA) is 135 Å². The number of rotatable bonds is 8. The van der Waals surface area contributed by atoms with Gasteiger partial charge in [-0.2, -0.15) is 5.10 Å². The van der Waals surface area contributed by atoms with Crippen LogP contribution in [-0.2, 0) is 4.79 Å². The van der Waals surface area contributed by atoms with Gasteiger partial charge in [-0.05, 0) is 63.7 Å².